The van der Waals surface area contributed by atoms with Crippen LogP contribution in [0.3, 0.4) is 0 Å². The van der Waals surface area contributed by atoms with E-state index in [0.29, 0.717) is 21.7 Å². The summed E-state index contributed by atoms with van der Waals surface area (Å²) in [4.78, 5) is 22.8. The molecule has 4 aromatic rings. The second kappa shape index (κ2) is 10.7. The van der Waals surface area contributed by atoms with Crippen molar-refractivity contribution in [3.05, 3.63) is 65.2 Å². The van der Waals surface area contributed by atoms with Gasteiger partial charge in [0.05, 0.1) is 26.7 Å². The van der Waals surface area contributed by atoms with Crippen LogP contribution in [0.25, 0.3) is 10.4 Å². The zero-order valence-corrected chi connectivity index (χ0v) is 22.1. The zero-order valence-electron chi connectivity index (χ0n) is 18.9. The number of sulfonamides is 1. The maximum Gasteiger partial charge on any atom is 0.261 e. The van der Waals surface area contributed by atoms with Crippen LogP contribution in [-0.2, 0) is 10.0 Å². The highest BCUT2D eigenvalue weighted by atomic mass is 35.5. The normalized spacial score (nSPS) is 11.7. The van der Waals surface area contributed by atoms with Crippen LogP contribution in [0.15, 0.2) is 63.8 Å². The number of rotatable bonds is 8. The number of aromatic nitrogens is 4. The number of benzene rings is 1. The SMILES string of the molecule is CNc1nc(SC)ncc1C=Nc1nc(C)c(-c2cnc(Cl)c(NS(=O)(=O)c3ccccc3)c2)s1. The molecule has 0 spiro atoms. The molecular formula is C22H20ClN7O2S3. The molecule has 0 aliphatic rings. The number of aryl methyl sites for hydroxylation is 1. The Kier molecular flexibility index (Phi) is 7.65. The third-order valence-corrected chi connectivity index (χ3v) is 8.07. The average Bonchev–Trinajstić information content (AvgIpc) is 3.24. The Balaban J connectivity index is 1.62. The van der Waals surface area contributed by atoms with Crippen molar-refractivity contribution in [3.8, 4) is 10.4 Å². The summed E-state index contributed by atoms with van der Waals surface area (Å²) in [6.45, 7) is 1.85. The number of anilines is 2. The molecular weight excluding hydrogens is 526 g/mol. The molecule has 0 saturated carbocycles. The van der Waals surface area contributed by atoms with Gasteiger partial charge in [0.2, 0.25) is 5.13 Å². The summed E-state index contributed by atoms with van der Waals surface area (Å²) in [5.41, 5.74) is 2.30. The highest BCUT2D eigenvalue weighted by Gasteiger charge is 2.18. The van der Waals surface area contributed by atoms with E-state index in [4.69, 9.17) is 11.6 Å². The van der Waals surface area contributed by atoms with Gasteiger partial charge in [-0.3, -0.25) is 4.72 Å². The maximum atomic E-state index is 12.7. The highest BCUT2D eigenvalue weighted by molar-refractivity contribution is 7.98. The molecule has 0 saturated heterocycles. The lowest BCUT2D eigenvalue weighted by Crippen LogP contribution is -2.13. The molecule has 9 nitrogen and oxygen atoms in total. The molecule has 4 rings (SSSR count). The summed E-state index contributed by atoms with van der Waals surface area (Å²) in [5.74, 6) is 0.666. The first-order chi connectivity index (χ1) is 16.8. The van der Waals surface area contributed by atoms with Crippen molar-refractivity contribution in [2.75, 3.05) is 23.3 Å². The maximum absolute atomic E-state index is 12.7. The standard InChI is InChI=1S/C22H20ClN7O2S3/c1-13-18(34-22(28-13)27-12-15-11-26-21(33-3)29-20(15)24-2)14-9-17(19(23)25-10-14)30-35(31,32)16-7-5-4-6-8-16/h4-12,30H,1-3H3,(H,24,26,29). The lowest BCUT2D eigenvalue weighted by Gasteiger charge is -2.10. The van der Waals surface area contributed by atoms with E-state index in [-0.39, 0.29) is 15.7 Å². The number of aliphatic imine (C=N–C) groups is 1. The van der Waals surface area contributed by atoms with E-state index in [2.05, 4.69) is 35.0 Å². The van der Waals surface area contributed by atoms with E-state index in [1.807, 2.05) is 13.2 Å². The van der Waals surface area contributed by atoms with Gasteiger partial charge in [-0.05, 0) is 31.4 Å². The topological polar surface area (TPSA) is 122 Å². The fraction of sp³-hybridized carbons (Fsp3) is 0.136. The Hall–Kier alpha value is -3.06. The summed E-state index contributed by atoms with van der Waals surface area (Å²) in [6.07, 6.45) is 6.83. The second-order valence-electron chi connectivity index (χ2n) is 7.06. The molecule has 35 heavy (non-hydrogen) atoms. The second-order valence-corrected chi connectivity index (χ2v) is 10.9. The Morgan fingerprint density at radius 2 is 1.91 bits per heavy atom. The van der Waals surface area contributed by atoms with Gasteiger partial charge in [0.15, 0.2) is 10.3 Å². The molecule has 0 fully saturated rings. The number of thioether (sulfide) groups is 1. The van der Waals surface area contributed by atoms with Crippen molar-refractivity contribution in [3.63, 3.8) is 0 Å². The summed E-state index contributed by atoms with van der Waals surface area (Å²) in [5, 5.41) is 4.27. The predicted octanol–water partition coefficient (Wildman–Crippen LogP) is 5.27. The first-order valence-corrected chi connectivity index (χ1v) is 14.0. The quantitative estimate of drug-likeness (QED) is 0.133. The van der Waals surface area contributed by atoms with Crippen molar-refractivity contribution in [2.45, 2.75) is 17.0 Å². The van der Waals surface area contributed by atoms with Crippen molar-refractivity contribution in [2.24, 2.45) is 4.99 Å². The Labute approximate surface area is 216 Å². The summed E-state index contributed by atoms with van der Waals surface area (Å²) < 4.78 is 28.0. The summed E-state index contributed by atoms with van der Waals surface area (Å²) >= 11 is 9.00. The fourth-order valence-corrected chi connectivity index (χ4v) is 5.56. The number of halogens is 1. The fourth-order valence-electron chi connectivity index (χ4n) is 3.05. The molecule has 0 atom stereocenters. The Bertz CT molecular complexity index is 1490. The van der Waals surface area contributed by atoms with E-state index in [1.165, 1.54) is 35.2 Å². The third-order valence-electron chi connectivity index (χ3n) is 4.71. The van der Waals surface area contributed by atoms with Crippen LogP contribution in [0.5, 0.6) is 0 Å². The molecule has 13 heteroatoms. The number of hydrogen-bond acceptors (Lipinski definition) is 10. The van der Waals surface area contributed by atoms with Crippen LogP contribution in [0.2, 0.25) is 5.15 Å². The van der Waals surface area contributed by atoms with Gasteiger partial charge >= 0.3 is 0 Å². The minimum absolute atomic E-state index is 0.0435. The molecule has 0 bridgehead atoms. The molecule has 3 heterocycles. The summed E-state index contributed by atoms with van der Waals surface area (Å²) in [6, 6.07) is 9.69. The van der Waals surface area contributed by atoms with E-state index in [9.17, 15) is 8.42 Å². The number of pyridine rings is 1. The zero-order chi connectivity index (χ0) is 25.0. The average molecular weight is 546 g/mol. The monoisotopic (exact) mass is 545 g/mol. The van der Waals surface area contributed by atoms with Gasteiger partial charge < -0.3 is 5.32 Å². The van der Waals surface area contributed by atoms with Crippen molar-refractivity contribution in [1.29, 1.82) is 0 Å². The van der Waals surface area contributed by atoms with E-state index < -0.39 is 10.0 Å². The predicted molar refractivity (Wildman–Crippen MR) is 143 cm³/mol. The van der Waals surface area contributed by atoms with Gasteiger partial charge in [0.1, 0.15) is 5.82 Å². The van der Waals surface area contributed by atoms with Crippen LogP contribution in [0.1, 0.15) is 11.3 Å². The van der Waals surface area contributed by atoms with Gasteiger partial charge in [0, 0.05) is 31.2 Å². The van der Waals surface area contributed by atoms with Gasteiger partial charge in [-0.1, -0.05) is 52.9 Å². The van der Waals surface area contributed by atoms with Gasteiger partial charge in [-0.2, -0.15) is 0 Å². The summed E-state index contributed by atoms with van der Waals surface area (Å²) in [7, 11) is -2.04. The molecule has 0 amide bonds. The lowest BCUT2D eigenvalue weighted by atomic mass is 10.2. The lowest BCUT2D eigenvalue weighted by molar-refractivity contribution is 0.601. The molecule has 0 aliphatic heterocycles. The molecule has 0 unspecified atom stereocenters. The van der Waals surface area contributed by atoms with Crippen LogP contribution >= 0.6 is 34.7 Å². The van der Waals surface area contributed by atoms with Crippen LogP contribution in [0, 0.1) is 6.92 Å². The minimum Gasteiger partial charge on any atom is -0.372 e. The Morgan fingerprint density at radius 1 is 1.14 bits per heavy atom. The molecule has 0 radical (unpaired) electrons. The first kappa shape index (κ1) is 25.0. The first-order valence-electron chi connectivity index (χ1n) is 10.1. The number of nitrogens with zero attached hydrogens (tertiary/aromatic N) is 5. The van der Waals surface area contributed by atoms with Crippen LogP contribution in [-0.4, -0.2) is 47.9 Å². The van der Waals surface area contributed by atoms with Crippen LogP contribution < -0.4 is 10.0 Å². The van der Waals surface area contributed by atoms with Gasteiger partial charge in [-0.15, -0.1) is 0 Å². The van der Waals surface area contributed by atoms with Gasteiger partial charge in [0.25, 0.3) is 10.0 Å². The van der Waals surface area contributed by atoms with E-state index in [1.54, 1.807) is 49.9 Å². The molecule has 0 aliphatic carbocycles. The molecule has 2 N–H and O–H groups in total. The van der Waals surface area contributed by atoms with E-state index >= 15 is 0 Å². The molecule has 1 aromatic carbocycles. The number of hydrogen-bond donors (Lipinski definition) is 2. The Morgan fingerprint density at radius 3 is 2.63 bits per heavy atom. The van der Waals surface area contributed by atoms with Crippen molar-refractivity contribution in [1.82, 2.24) is 19.9 Å². The largest absolute Gasteiger partial charge is 0.372 e. The number of nitrogens with one attached hydrogen (secondary N) is 2. The van der Waals surface area contributed by atoms with E-state index in [0.717, 1.165) is 16.1 Å². The third kappa shape index (κ3) is 5.78. The molecule has 3 aromatic heterocycles. The highest BCUT2D eigenvalue weighted by Crippen LogP contribution is 2.36. The number of thiazole rings is 1. The van der Waals surface area contributed by atoms with Crippen LogP contribution in [0.4, 0.5) is 16.6 Å². The van der Waals surface area contributed by atoms with Gasteiger partial charge in [-0.25, -0.2) is 33.3 Å². The van der Waals surface area contributed by atoms with Crippen molar-refractivity contribution < 1.29 is 8.42 Å². The van der Waals surface area contributed by atoms with Crippen molar-refractivity contribution >= 4 is 67.6 Å². The smallest absolute Gasteiger partial charge is 0.261 e. The molecule has 180 valence electrons. The minimum atomic E-state index is -3.82.